The number of aliphatic carboxylic acids is 1. The van der Waals surface area contributed by atoms with E-state index in [9.17, 15) is 19.5 Å². The molecule has 0 radical (unpaired) electrons. The molecule has 3 N–H and O–H groups in total. The smallest absolute Gasteiger partial charge is 0.317 e. The molecule has 1 aromatic carbocycles. The molecule has 2 rings (SSSR count). The number of benzene rings is 1. The van der Waals surface area contributed by atoms with E-state index in [0.29, 0.717) is 29.4 Å². The van der Waals surface area contributed by atoms with Crippen LogP contribution in [0.3, 0.4) is 0 Å². The first-order valence-electron chi connectivity index (χ1n) is 8.69. The number of nitrogens with zero attached hydrogens (tertiary/aromatic N) is 1. The maximum atomic E-state index is 12.2. The largest absolute Gasteiger partial charge is 0.495 e. The summed E-state index contributed by atoms with van der Waals surface area (Å²) in [5, 5.41) is 15.0. The molecule has 0 aliphatic carbocycles. The van der Waals surface area contributed by atoms with Crippen molar-refractivity contribution in [1.29, 1.82) is 0 Å². The van der Waals surface area contributed by atoms with Crippen LogP contribution in [0.25, 0.3) is 0 Å². The number of rotatable bonds is 6. The monoisotopic (exact) mass is 397 g/mol. The van der Waals surface area contributed by atoms with E-state index in [1.807, 2.05) is 6.92 Å². The predicted octanol–water partition coefficient (Wildman–Crippen LogP) is 2.43. The first kappa shape index (κ1) is 20.8. The summed E-state index contributed by atoms with van der Waals surface area (Å²) in [7, 11) is 1.49. The van der Waals surface area contributed by atoms with Crippen LogP contribution in [0.5, 0.6) is 5.75 Å². The number of methoxy groups -OCH3 is 1. The molecule has 2 unspecified atom stereocenters. The second-order valence-electron chi connectivity index (χ2n) is 6.66. The van der Waals surface area contributed by atoms with Crippen LogP contribution in [-0.2, 0) is 9.59 Å². The highest BCUT2D eigenvalue weighted by Crippen LogP contribution is 2.27. The summed E-state index contributed by atoms with van der Waals surface area (Å²) >= 11 is 5.92. The fourth-order valence-corrected chi connectivity index (χ4v) is 3.25. The number of nitrogens with one attached hydrogen (secondary N) is 2. The molecule has 0 aromatic heterocycles. The number of carboxylic acids is 1. The van der Waals surface area contributed by atoms with E-state index in [-0.39, 0.29) is 37.4 Å². The molecule has 1 heterocycles. The van der Waals surface area contributed by atoms with Crippen molar-refractivity contribution in [3.63, 3.8) is 0 Å². The molecule has 0 spiro atoms. The topological polar surface area (TPSA) is 108 Å². The Labute approximate surface area is 162 Å². The van der Waals surface area contributed by atoms with Gasteiger partial charge in [-0.3, -0.25) is 9.59 Å². The van der Waals surface area contributed by atoms with Crippen LogP contribution < -0.4 is 15.4 Å². The highest BCUT2D eigenvalue weighted by molar-refractivity contribution is 6.31. The Balaban J connectivity index is 1.81. The molecular formula is C18H24ClN3O5. The zero-order valence-corrected chi connectivity index (χ0v) is 16.1. The van der Waals surface area contributed by atoms with E-state index in [0.717, 1.165) is 0 Å². The Kier molecular flexibility index (Phi) is 7.29. The number of carbonyl (C=O) groups excluding carboxylic acids is 2. The third kappa shape index (κ3) is 6.02. The molecule has 1 aliphatic rings. The number of carbonyl (C=O) groups is 3. The number of hydrogen-bond acceptors (Lipinski definition) is 4. The van der Waals surface area contributed by atoms with Gasteiger partial charge in [0.25, 0.3) is 0 Å². The van der Waals surface area contributed by atoms with Crippen LogP contribution in [0.1, 0.15) is 19.8 Å². The van der Waals surface area contributed by atoms with Gasteiger partial charge in [0.05, 0.1) is 18.7 Å². The predicted molar refractivity (Wildman–Crippen MR) is 101 cm³/mol. The number of urea groups is 1. The van der Waals surface area contributed by atoms with Crippen molar-refractivity contribution in [2.45, 2.75) is 19.8 Å². The van der Waals surface area contributed by atoms with E-state index in [1.165, 1.54) is 12.0 Å². The second kappa shape index (κ2) is 9.45. The van der Waals surface area contributed by atoms with Gasteiger partial charge >= 0.3 is 12.0 Å². The highest BCUT2D eigenvalue weighted by atomic mass is 35.5. The lowest BCUT2D eigenvalue weighted by molar-refractivity contribution is -0.143. The molecule has 27 heavy (non-hydrogen) atoms. The molecule has 8 nitrogen and oxygen atoms in total. The molecule has 1 saturated heterocycles. The second-order valence-corrected chi connectivity index (χ2v) is 7.09. The van der Waals surface area contributed by atoms with Crippen LogP contribution >= 0.6 is 11.6 Å². The number of hydrogen-bond donors (Lipinski definition) is 3. The van der Waals surface area contributed by atoms with Crippen LogP contribution in [0.4, 0.5) is 10.5 Å². The number of likely N-dealkylation sites (tertiary alicyclic amines) is 1. The Bertz CT molecular complexity index is 712. The van der Waals surface area contributed by atoms with Crippen molar-refractivity contribution in [2.75, 3.05) is 32.1 Å². The summed E-state index contributed by atoms with van der Waals surface area (Å²) < 4.78 is 5.16. The minimum atomic E-state index is -0.894. The van der Waals surface area contributed by atoms with Crippen molar-refractivity contribution >= 4 is 35.2 Å². The number of carboxylic acid groups (broad SMARTS) is 1. The van der Waals surface area contributed by atoms with Gasteiger partial charge in [-0.25, -0.2) is 4.79 Å². The van der Waals surface area contributed by atoms with Crippen molar-refractivity contribution in [2.24, 2.45) is 11.8 Å². The molecule has 1 aliphatic heterocycles. The van der Waals surface area contributed by atoms with Gasteiger partial charge in [-0.1, -0.05) is 18.5 Å². The van der Waals surface area contributed by atoms with Gasteiger partial charge in [0.15, 0.2) is 0 Å². The molecule has 3 amide bonds. The number of halogens is 1. The zero-order chi connectivity index (χ0) is 20.0. The Morgan fingerprint density at radius 2 is 2.07 bits per heavy atom. The Morgan fingerprint density at radius 1 is 1.33 bits per heavy atom. The van der Waals surface area contributed by atoms with E-state index < -0.39 is 11.9 Å². The van der Waals surface area contributed by atoms with Crippen LogP contribution in [-0.4, -0.2) is 54.7 Å². The fourth-order valence-electron chi connectivity index (χ4n) is 3.08. The molecule has 0 saturated carbocycles. The van der Waals surface area contributed by atoms with E-state index in [1.54, 1.807) is 18.2 Å². The standard InChI is InChI=1S/C18H24ClN3O5/c1-11-7-12(17(24)25)10-22(9-11)18(26)20-6-5-16(23)21-14-8-13(19)3-4-15(14)27-2/h3-4,8,11-12H,5-7,9-10H2,1-2H3,(H,20,26)(H,21,23)(H,24,25). The van der Waals surface area contributed by atoms with E-state index in [2.05, 4.69) is 10.6 Å². The van der Waals surface area contributed by atoms with Gasteiger partial charge in [-0.2, -0.15) is 0 Å². The summed E-state index contributed by atoms with van der Waals surface area (Å²) in [5.74, 6) is -1.15. The Morgan fingerprint density at radius 3 is 2.74 bits per heavy atom. The van der Waals surface area contributed by atoms with Crippen molar-refractivity contribution < 1.29 is 24.2 Å². The van der Waals surface area contributed by atoms with Gasteiger partial charge in [0.2, 0.25) is 5.91 Å². The fraction of sp³-hybridized carbons (Fsp3) is 0.500. The normalized spacial score (nSPS) is 19.3. The van der Waals surface area contributed by atoms with E-state index in [4.69, 9.17) is 16.3 Å². The highest BCUT2D eigenvalue weighted by Gasteiger charge is 2.31. The molecular weight excluding hydrogens is 374 g/mol. The summed E-state index contributed by atoms with van der Waals surface area (Å²) in [4.78, 5) is 37.0. The van der Waals surface area contributed by atoms with Gasteiger partial charge in [0, 0.05) is 31.1 Å². The maximum absolute atomic E-state index is 12.2. The van der Waals surface area contributed by atoms with Gasteiger partial charge in [0.1, 0.15) is 5.75 Å². The zero-order valence-electron chi connectivity index (χ0n) is 15.3. The lowest BCUT2D eigenvalue weighted by Crippen LogP contribution is -2.49. The number of anilines is 1. The summed E-state index contributed by atoms with van der Waals surface area (Å²) in [5.41, 5.74) is 0.454. The van der Waals surface area contributed by atoms with Crippen molar-refractivity contribution in [1.82, 2.24) is 10.2 Å². The van der Waals surface area contributed by atoms with Crippen LogP contribution in [0.2, 0.25) is 5.02 Å². The number of piperidine rings is 1. The quantitative estimate of drug-likeness (QED) is 0.683. The lowest BCUT2D eigenvalue weighted by atomic mass is 9.91. The molecule has 2 atom stereocenters. The van der Waals surface area contributed by atoms with Gasteiger partial charge in [-0.15, -0.1) is 0 Å². The SMILES string of the molecule is COc1ccc(Cl)cc1NC(=O)CCNC(=O)N1CC(C)CC(C(=O)O)C1. The van der Waals surface area contributed by atoms with Gasteiger partial charge in [-0.05, 0) is 30.5 Å². The van der Waals surface area contributed by atoms with E-state index >= 15 is 0 Å². The molecule has 9 heteroatoms. The van der Waals surface area contributed by atoms with Crippen LogP contribution in [0.15, 0.2) is 18.2 Å². The van der Waals surface area contributed by atoms with Crippen LogP contribution in [0, 0.1) is 11.8 Å². The molecule has 148 valence electrons. The summed E-state index contributed by atoms with van der Waals surface area (Å²) in [6.45, 7) is 2.73. The number of amides is 3. The minimum Gasteiger partial charge on any atom is -0.495 e. The summed E-state index contributed by atoms with van der Waals surface area (Å²) in [6.07, 6.45) is 0.621. The molecule has 1 aromatic rings. The number of ether oxygens (including phenoxy) is 1. The van der Waals surface area contributed by atoms with Gasteiger partial charge < -0.3 is 25.4 Å². The molecule has 1 fully saturated rings. The minimum absolute atomic E-state index is 0.0627. The first-order valence-corrected chi connectivity index (χ1v) is 9.07. The average molecular weight is 398 g/mol. The summed E-state index contributed by atoms with van der Waals surface area (Å²) in [6, 6.07) is 4.52. The Hall–Kier alpha value is -2.48. The lowest BCUT2D eigenvalue weighted by Gasteiger charge is -2.34. The van der Waals surface area contributed by atoms with Crippen molar-refractivity contribution in [3.8, 4) is 5.75 Å². The van der Waals surface area contributed by atoms with Crippen molar-refractivity contribution in [3.05, 3.63) is 23.2 Å². The third-order valence-electron chi connectivity index (χ3n) is 4.36. The first-order chi connectivity index (χ1) is 12.8. The molecule has 0 bridgehead atoms. The third-order valence-corrected chi connectivity index (χ3v) is 4.60. The average Bonchev–Trinajstić information content (AvgIpc) is 2.61. The maximum Gasteiger partial charge on any atom is 0.317 e.